The van der Waals surface area contributed by atoms with Gasteiger partial charge in [0.05, 0.1) is 0 Å². The number of unbranched alkanes of at least 4 members (excludes halogenated alkanes) is 1. The Morgan fingerprint density at radius 2 is 2.21 bits per heavy atom. The van der Waals surface area contributed by atoms with Crippen LogP contribution >= 0.6 is 11.3 Å². The van der Waals surface area contributed by atoms with Crippen LogP contribution in [-0.2, 0) is 11.2 Å². The van der Waals surface area contributed by atoms with E-state index in [1.165, 1.54) is 22.1 Å². The third-order valence-corrected chi connectivity index (χ3v) is 4.56. The number of ether oxygens (including phenoxy) is 1. The molecule has 0 spiro atoms. The van der Waals surface area contributed by atoms with Gasteiger partial charge in [-0.15, -0.1) is 11.3 Å². The van der Waals surface area contributed by atoms with Gasteiger partial charge in [-0.2, -0.15) is 4.73 Å². The molecule has 0 aromatic carbocycles. The molecule has 0 aliphatic heterocycles. The Morgan fingerprint density at radius 1 is 1.46 bits per heavy atom. The minimum atomic E-state index is -0.615. The summed E-state index contributed by atoms with van der Waals surface area (Å²) >= 11 is 1.45. The number of rotatable bonds is 3. The second-order valence-corrected chi connectivity index (χ2v) is 7.69. The van der Waals surface area contributed by atoms with Crippen LogP contribution in [0.15, 0.2) is 17.6 Å². The van der Waals surface area contributed by atoms with E-state index in [9.17, 15) is 10.0 Å². The van der Waals surface area contributed by atoms with Gasteiger partial charge in [0, 0.05) is 12.5 Å². The standard InChI is InChI=1S/C17H21N3O3S/c1-5-6-7-13-18-14-12(20(13)16(21)23-17(2,3)4)10-19(22)11-8-9-24-15(11)14/h8-10H,5-7H2,1-4H3. The first-order valence-electron chi connectivity index (χ1n) is 8.06. The van der Waals surface area contributed by atoms with Crippen LogP contribution < -0.4 is 4.73 Å². The maximum atomic E-state index is 12.7. The molecule has 0 amide bonds. The maximum Gasteiger partial charge on any atom is 0.420 e. The van der Waals surface area contributed by atoms with Crippen LogP contribution in [0.3, 0.4) is 0 Å². The molecule has 0 atom stereocenters. The zero-order chi connectivity index (χ0) is 17.5. The molecule has 6 nitrogen and oxygen atoms in total. The highest BCUT2D eigenvalue weighted by Gasteiger charge is 2.26. The van der Waals surface area contributed by atoms with E-state index in [0.29, 0.717) is 28.8 Å². The highest BCUT2D eigenvalue weighted by molar-refractivity contribution is 7.18. The Morgan fingerprint density at radius 3 is 2.88 bits per heavy atom. The summed E-state index contributed by atoms with van der Waals surface area (Å²) in [4.78, 5) is 17.4. The Labute approximate surface area is 144 Å². The van der Waals surface area contributed by atoms with E-state index < -0.39 is 11.7 Å². The fraction of sp³-hybridized carbons (Fsp3) is 0.471. The third-order valence-electron chi connectivity index (χ3n) is 3.65. The van der Waals surface area contributed by atoms with Crippen molar-refractivity contribution in [2.24, 2.45) is 0 Å². The Bertz CT molecular complexity index is 905. The molecule has 0 unspecified atom stereocenters. The summed E-state index contributed by atoms with van der Waals surface area (Å²) in [6, 6.07) is 1.77. The van der Waals surface area contributed by atoms with E-state index >= 15 is 0 Å². The molecule has 3 aromatic heterocycles. The minimum Gasteiger partial charge on any atom is -0.618 e. The molecule has 3 heterocycles. The topological polar surface area (TPSA) is 71.1 Å². The summed E-state index contributed by atoms with van der Waals surface area (Å²) in [5.74, 6) is 0.641. The second-order valence-electron chi connectivity index (χ2n) is 6.77. The number of carbonyl (C=O) groups excluding carboxylic acids is 1. The minimum absolute atomic E-state index is 0.494. The summed E-state index contributed by atoms with van der Waals surface area (Å²) in [5, 5.41) is 14.1. The molecule has 0 N–H and O–H groups in total. The summed E-state index contributed by atoms with van der Waals surface area (Å²) < 4.78 is 8.55. The summed E-state index contributed by atoms with van der Waals surface area (Å²) in [6.45, 7) is 7.55. The van der Waals surface area contributed by atoms with Crippen molar-refractivity contribution in [1.29, 1.82) is 0 Å². The van der Waals surface area contributed by atoms with Crippen molar-refractivity contribution in [1.82, 2.24) is 9.55 Å². The number of nitrogens with zero attached hydrogens (tertiary/aromatic N) is 3. The zero-order valence-corrected chi connectivity index (χ0v) is 15.1. The molecular weight excluding hydrogens is 326 g/mol. The quantitative estimate of drug-likeness (QED) is 0.530. The van der Waals surface area contributed by atoms with Crippen LogP contribution in [0.5, 0.6) is 0 Å². The number of hydrogen-bond donors (Lipinski definition) is 0. The van der Waals surface area contributed by atoms with Crippen molar-refractivity contribution < 1.29 is 14.3 Å². The molecule has 0 radical (unpaired) electrons. The summed E-state index contributed by atoms with van der Waals surface area (Å²) in [7, 11) is 0. The van der Waals surface area contributed by atoms with E-state index in [2.05, 4.69) is 11.9 Å². The van der Waals surface area contributed by atoms with Crippen molar-refractivity contribution in [3.8, 4) is 0 Å². The van der Waals surface area contributed by atoms with Crippen molar-refractivity contribution in [3.05, 3.63) is 28.7 Å². The number of aryl methyl sites for hydroxylation is 1. The molecular formula is C17H21N3O3S. The van der Waals surface area contributed by atoms with E-state index in [4.69, 9.17) is 4.74 Å². The van der Waals surface area contributed by atoms with Gasteiger partial charge < -0.3 is 9.94 Å². The number of hydrogen-bond acceptors (Lipinski definition) is 5. The van der Waals surface area contributed by atoms with Gasteiger partial charge in [0.1, 0.15) is 27.2 Å². The summed E-state index contributed by atoms with van der Waals surface area (Å²) in [6.07, 6.45) is 3.49. The molecule has 0 aliphatic carbocycles. The van der Waals surface area contributed by atoms with Crippen LogP contribution in [-0.4, -0.2) is 21.2 Å². The van der Waals surface area contributed by atoms with E-state index in [-0.39, 0.29) is 0 Å². The van der Waals surface area contributed by atoms with E-state index in [0.717, 1.165) is 22.3 Å². The van der Waals surface area contributed by atoms with Crippen molar-refractivity contribution in [3.63, 3.8) is 0 Å². The first kappa shape index (κ1) is 16.7. The fourth-order valence-corrected chi connectivity index (χ4v) is 3.49. The lowest BCUT2D eigenvalue weighted by Crippen LogP contribution is -2.30. The van der Waals surface area contributed by atoms with Crippen molar-refractivity contribution >= 4 is 38.7 Å². The van der Waals surface area contributed by atoms with Crippen molar-refractivity contribution in [2.75, 3.05) is 0 Å². The van der Waals surface area contributed by atoms with Gasteiger partial charge in [0.15, 0.2) is 0 Å². The van der Waals surface area contributed by atoms with Gasteiger partial charge in [-0.05, 0) is 32.6 Å². The largest absolute Gasteiger partial charge is 0.618 e. The molecule has 0 saturated carbocycles. The Balaban J connectivity index is 2.23. The predicted molar refractivity (Wildman–Crippen MR) is 94.3 cm³/mol. The molecule has 7 heteroatoms. The lowest BCUT2D eigenvalue weighted by molar-refractivity contribution is -0.575. The van der Waals surface area contributed by atoms with Crippen molar-refractivity contribution in [2.45, 2.75) is 52.6 Å². The molecule has 3 aromatic rings. The van der Waals surface area contributed by atoms with Gasteiger partial charge in [-0.25, -0.2) is 14.3 Å². The van der Waals surface area contributed by atoms with Crippen LogP contribution in [0.4, 0.5) is 4.79 Å². The van der Waals surface area contributed by atoms with Crippen LogP contribution in [0.2, 0.25) is 0 Å². The number of aromatic nitrogens is 3. The molecule has 0 fully saturated rings. The van der Waals surface area contributed by atoms with E-state index in [1.807, 2.05) is 26.2 Å². The Hall–Kier alpha value is -2.15. The highest BCUT2D eigenvalue weighted by Crippen LogP contribution is 2.28. The summed E-state index contributed by atoms with van der Waals surface area (Å²) in [5.41, 5.74) is 1.14. The number of carbonyl (C=O) groups is 1. The first-order valence-corrected chi connectivity index (χ1v) is 8.94. The van der Waals surface area contributed by atoms with Gasteiger partial charge in [0.2, 0.25) is 11.7 Å². The monoisotopic (exact) mass is 347 g/mol. The number of thiophene rings is 1. The normalized spacial score (nSPS) is 12.2. The lowest BCUT2D eigenvalue weighted by atomic mass is 10.2. The van der Waals surface area contributed by atoms with Crippen LogP contribution in [0, 0.1) is 5.21 Å². The average Bonchev–Trinajstić information content (AvgIpc) is 3.07. The zero-order valence-electron chi connectivity index (χ0n) is 14.3. The smallest absolute Gasteiger partial charge is 0.420 e. The van der Waals surface area contributed by atoms with Gasteiger partial charge in [-0.3, -0.25) is 0 Å². The number of pyridine rings is 1. The third kappa shape index (κ3) is 2.96. The molecule has 24 heavy (non-hydrogen) atoms. The SMILES string of the molecule is CCCCc1nc2c3sccc3[n+]([O-])cc2n1C(=O)OC(C)(C)C. The molecule has 3 rings (SSSR count). The van der Waals surface area contributed by atoms with Crippen LogP contribution in [0.25, 0.3) is 21.3 Å². The van der Waals surface area contributed by atoms with Gasteiger partial charge in [-0.1, -0.05) is 13.3 Å². The predicted octanol–water partition coefficient (Wildman–Crippen LogP) is 4.01. The second kappa shape index (κ2) is 6.05. The van der Waals surface area contributed by atoms with Gasteiger partial charge >= 0.3 is 6.09 Å². The van der Waals surface area contributed by atoms with E-state index in [1.54, 1.807) is 6.07 Å². The van der Waals surface area contributed by atoms with Gasteiger partial charge in [0.25, 0.3) is 0 Å². The number of imidazole rings is 1. The molecule has 128 valence electrons. The van der Waals surface area contributed by atoms with Crippen LogP contribution in [0.1, 0.15) is 46.4 Å². The molecule has 0 saturated heterocycles. The lowest BCUT2D eigenvalue weighted by Gasteiger charge is -2.20. The molecule has 0 aliphatic rings. The highest BCUT2D eigenvalue weighted by atomic mass is 32.1. The molecule has 0 bridgehead atoms. The average molecular weight is 347 g/mol. The Kier molecular flexibility index (Phi) is 4.21. The fourth-order valence-electron chi connectivity index (χ4n) is 2.61. The first-order chi connectivity index (χ1) is 11.3. The maximum absolute atomic E-state index is 12.7. The number of fused-ring (bicyclic) bond motifs is 3.